The first kappa shape index (κ1) is 19.5. The van der Waals surface area contributed by atoms with Crippen molar-refractivity contribution in [1.82, 2.24) is 15.1 Å². The van der Waals surface area contributed by atoms with Crippen LogP contribution in [0.5, 0.6) is 11.5 Å². The Bertz CT molecular complexity index is 921. The van der Waals surface area contributed by atoms with Crippen molar-refractivity contribution in [3.63, 3.8) is 0 Å². The van der Waals surface area contributed by atoms with Crippen LogP contribution in [-0.2, 0) is 13.2 Å². The molecule has 146 valence electrons. The van der Waals surface area contributed by atoms with E-state index in [1.807, 2.05) is 66.3 Å². The molecule has 0 aliphatic heterocycles. The summed E-state index contributed by atoms with van der Waals surface area (Å²) < 4.78 is 13.0. The molecule has 28 heavy (non-hydrogen) atoms. The van der Waals surface area contributed by atoms with Crippen LogP contribution in [0.1, 0.15) is 28.0 Å². The third-order valence-electron chi connectivity index (χ3n) is 4.28. The van der Waals surface area contributed by atoms with Gasteiger partial charge in [-0.15, -0.1) is 0 Å². The second kappa shape index (κ2) is 9.60. The third kappa shape index (κ3) is 5.36. The number of carbonyl (C=O) groups excluding carboxylic acids is 1. The molecule has 6 nitrogen and oxygen atoms in total. The smallest absolute Gasteiger partial charge is 0.251 e. The zero-order valence-electron chi connectivity index (χ0n) is 16.2. The van der Waals surface area contributed by atoms with E-state index in [1.54, 1.807) is 13.2 Å². The molecule has 0 aliphatic carbocycles. The minimum Gasteiger partial charge on any atom is -0.493 e. The second-order valence-electron chi connectivity index (χ2n) is 6.47. The molecular formula is C22H25N3O3. The van der Waals surface area contributed by atoms with E-state index < -0.39 is 0 Å². The van der Waals surface area contributed by atoms with E-state index in [0.29, 0.717) is 30.2 Å². The Kier molecular flexibility index (Phi) is 6.68. The van der Waals surface area contributed by atoms with Gasteiger partial charge in [-0.2, -0.15) is 5.10 Å². The summed E-state index contributed by atoms with van der Waals surface area (Å²) in [6, 6.07) is 16.9. The van der Waals surface area contributed by atoms with E-state index in [-0.39, 0.29) is 5.91 Å². The topological polar surface area (TPSA) is 65.4 Å². The lowest BCUT2D eigenvalue weighted by molar-refractivity contribution is 0.0952. The molecule has 6 heteroatoms. The van der Waals surface area contributed by atoms with Gasteiger partial charge >= 0.3 is 0 Å². The molecule has 1 amide bonds. The zero-order valence-corrected chi connectivity index (χ0v) is 16.2. The van der Waals surface area contributed by atoms with E-state index in [1.165, 1.54) is 0 Å². The largest absolute Gasteiger partial charge is 0.493 e. The lowest BCUT2D eigenvalue weighted by Gasteiger charge is -2.11. The van der Waals surface area contributed by atoms with Crippen LogP contribution in [0.25, 0.3) is 0 Å². The number of para-hydroxylation sites is 2. The summed E-state index contributed by atoms with van der Waals surface area (Å²) in [5.74, 6) is 1.27. The zero-order chi connectivity index (χ0) is 19.8. The predicted octanol–water partition coefficient (Wildman–Crippen LogP) is 3.60. The van der Waals surface area contributed by atoms with Gasteiger partial charge in [0.1, 0.15) is 6.61 Å². The van der Waals surface area contributed by atoms with Gasteiger partial charge in [-0.05, 0) is 49.2 Å². The normalized spacial score (nSPS) is 10.5. The highest BCUT2D eigenvalue weighted by Gasteiger charge is 2.07. The molecular weight excluding hydrogens is 354 g/mol. The minimum absolute atomic E-state index is 0.0872. The summed E-state index contributed by atoms with van der Waals surface area (Å²) in [6.45, 7) is 3.70. The van der Waals surface area contributed by atoms with Gasteiger partial charge in [0.05, 0.1) is 12.8 Å². The molecule has 0 bridgehead atoms. The number of benzene rings is 2. The lowest BCUT2D eigenvalue weighted by atomic mass is 10.1. The summed E-state index contributed by atoms with van der Waals surface area (Å²) in [5, 5.41) is 7.29. The number of hydrogen-bond donors (Lipinski definition) is 1. The van der Waals surface area contributed by atoms with E-state index in [4.69, 9.17) is 9.47 Å². The summed E-state index contributed by atoms with van der Waals surface area (Å²) in [7, 11) is 1.61. The summed E-state index contributed by atoms with van der Waals surface area (Å²) in [4.78, 5) is 12.4. The molecule has 1 aromatic heterocycles. The molecule has 0 atom stereocenters. The van der Waals surface area contributed by atoms with Gasteiger partial charge in [0.15, 0.2) is 11.5 Å². The van der Waals surface area contributed by atoms with Crippen molar-refractivity contribution < 1.29 is 14.3 Å². The van der Waals surface area contributed by atoms with Crippen LogP contribution < -0.4 is 14.8 Å². The quantitative estimate of drug-likeness (QED) is 0.577. The van der Waals surface area contributed by atoms with Crippen molar-refractivity contribution >= 4 is 5.91 Å². The molecule has 0 saturated carbocycles. The van der Waals surface area contributed by atoms with E-state index in [9.17, 15) is 4.79 Å². The average molecular weight is 379 g/mol. The maximum absolute atomic E-state index is 12.4. The van der Waals surface area contributed by atoms with Crippen molar-refractivity contribution in [2.45, 2.75) is 26.5 Å². The van der Waals surface area contributed by atoms with Gasteiger partial charge in [0, 0.05) is 24.8 Å². The number of hydrogen-bond acceptors (Lipinski definition) is 4. The Morgan fingerprint density at radius 3 is 2.68 bits per heavy atom. The maximum atomic E-state index is 12.4. The number of nitrogens with zero attached hydrogens (tertiary/aromatic N) is 2. The first-order valence-corrected chi connectivity index (χ1v) is 9.29. The molecule has 1 N–H and O–H groups in total. The van der Waals surface area contributed by atoms with Crippen molar-refractivity contribution in [2.75, 3.05) is 13.7 Å². The van der Waals surface area contributed by atoms with E-state index >= 15 is 0 Å². The van der Waals surface area contributed by atoms with Gasteiger partial charge in [-0.1, -0.05) is 24.3 Å². The maximum Gasteiger partial charge on any atom is 0.251 e. The van der Waals surface area contributed by atoms with Gasteiger partial charge in [0.25, 0.3) is 5.91 Å². The fourth-order valence-corrected chi connectivity index (χ4v) is 2.83. The van der Waals surface area contributed by atoms with Crippen LogP contribution in [0, 0.1) is 6.92 Å². The van der Waals surface area contributed by atoms with Crippen LogP contribution in [-0.4, -0.2) is 29.3 Å². The Hall–Kier alpha value is -3.28. The Balaban J connectivity index is 1.49. The first-order valence-electron chi connectivity index (χ1n) is 9.29. The molecule has 1 heterocycles. The first-order chi connectivity index (χ1) is 13.7. The third-order valence-corrected chi connectivity index (χ3v) is 4.28. The molecule has 3 aromatic rings. The minimum atomic E-state index is -0.0872. The van der Waals surface area contributed by atoms with Crippen molar-refractivity contribution in [3.05, 3.63) is 77.6 Å². The number of aryl methyl sites for hydroxylation is 2. The average Bonchev–Trinajstić information content (AvgIpc) is 3.15. The number of nitrogens with one attached hydrogen (secondary N) is 1. The molecule has 0 aliphatic rings. The summed E-state index contributed by atoms with van der Waals surface area (Å²) >= 11 is 0. The van der Waals surface area contributed by atoms with Gasteiger partial charge in [-0.3, -0.25) is 9.48 Å². The highest BCUT2D eigenvalue weighted by molar-refractivity contribution is 5.94. The van der Waals surface area contributed by atoms with E-state index in [2.05, 4.69) is 10.4 Å². The van der Waals surface area contributed by atoms with Crippen molar-refractivity contribution in [1.29, 1.82) is 0 Å². The second-order valence-corrected chi connectivity index (χ2v) is 6.47. The Labute approximate surface area is 165 Å². The SMILES string of the molecule is COc1ccccc1OCc1cccc(C(=O)NCCCn2ccc(C)n2)c1. The van der Waals surface area contributed by atoms with Crippen LogP contribution in [0.2, 0.25) is 0 Å². The van der Waals surface area contributed by atoms with Crippen LogP contribution in [0.15, 0.2) is 60.8 Å². The van der Waals surface area contributed by atoms with Gasteiger partial charge < -0.3 is 14.8 Å². The fourth-order valence-electron chi connectivity index (χ4n) is 2.83. The van der Waals surface area contributed by atoms with Crippen LogP contribution in [0.3, 0.4) is 0 Å². The number of carbonyl (C=O) groups is 1. The van der Waals surface area contributed by atoms with Crippen molar-refractivity contribution in [3.8, 4) is 11.5 Å². The molecule has 0 fully saturated rings. The molecule has 0 radical (unpaired) electrons. The highest BCUT2D eigenvalue weighted by atomic mass is 16.5. The monoisotopic (exact) mass is 379 g/mol. The molecule has 0 saturated heterocycles. The van der Waals surface area contributed by atoms with Crippen molar-refractivity contribution in [2.24, 2.45) is 0 Å². The standard InChI is InChI=1S/C22H25N3O3/c1-17-11-14-25(24-17)13-6-12-23-22(26)19-8-5-7-18(15-19)16-28-21-10-4-3-9-20(21)27-2/h3-5,7-11,14-15H,6,12-13,16H2,1-2H3,(H,23,26). The Morgan fingerprint density at radius 1 is 1.11 bits per heavy atom. The lowest BCUT2D eigenvalue weighted by Crippen LogP contribution is -2.25. The van der Waals surface area contributed by atoms with Crippen LogP contribution >= 0.6 is 0 Å². The number of aromatic nitrogens is 2. The number of methoxy groups -OCH3 is 1. The molecule has 2 aromatic carbocycles. The number of amides is 1. The van der Waals surface area contributed by atoms with E-state index in [0.717, 1.165) is 24.2 Å². The number of rotatable bonds is 9. The fraction of sp³-hybridized carbons (Fsp3) is 0.273. The summed E-state index contributed by atoms with van der Waals surface area (Å²) in [6.07, 6.45) is 2.77. The molecule has 0 unspecified atom stereocenters. The van der Waals surface area contributed by atoms with Gasteiger partial charge in [-0.25, -0.2) is 0 Å². The summed E-state index contributed by atoms with van der Waals surface area (Å²) in [5.41, 5.74) is 2.54. The molecule has 3 rings (SSSR count). The van der Waals surface area contributed by atoms with Crippen LogP contribution in [0.4, 0.5) is 0 Å². The number of ether oxygens (including phenoxy) is 2. The predicted molar refractivity (Wildman–Crippen MR) is 108 cm³/mol. The Morgan fingerprint density at radius 2 is 1.93 bits per heavy atom. The molecule has 0 spiro atoms. The van der Waals surface area contributed by atoms with Gasteiger partial charge in [0.2, 0.25) is 0 Å². The highest BCUT2D eigenvalue weighted by Crippen LogP contribution is 2.26.